The number of carboxylic acids is 1. The predicted octanol–water partition coefficient (Wildman–Crippen LogP) is 0.334. The molecule has 3 heteroatoms. The Morgan fingerprint density at radius 2 is 1.92 bits per heavy atom. The number of rotatable bonds is 3. The lowest BCUT2D eigenvalue weighted by atomic mass is 9.69. The van der Waals surface area contributed by atoms with Gasteiger partial charge in [0.1, 0.15) is 0 Å². The van der Waals surface area contributed by atoms with E-state index in [0.29, 0.717) is 11.8 Å². The van der Waals surface area contributed by atoms with Crippen LogP contribution < -0.4 is 0 Å². The quantitative estimate of drug-likeness (QED) is 0.658. The minimum absolute atomic E-state index is 0.134. The number of aliphatic carboxylic acids is 1. The fourth-order valence-corrected chi connectivity index (χ4v) is 4.86. The standard InChI is InChI=1S/C10H12O3/c1-3(2)4(7(11)12)8-5-6-9(5,8)10(6,8)13/h3-6,13H,1-2H3,(H,11,12)/t4-,5+,6?,8-,9-,10-/m1/s1. The molecule has 3 nitrogen and oxygen atoms in total. The van der Waals surface area contributed by atoms with E-state index in [-0.39, 0.29) is 22.7 Å². The average molecular weight is 180 g/mol. The molecule has 0 aromatic rings. The van der Waals surface area contributed by atoms with Gasteiger partial charge in [-0.05, 0) is 11.8 Å². The highest BCUT2D eigenvalue weighted by Crippen LogP contribution is 3.33. The topological polar surface area (TPSA) is 57.5 Å². The molecular weight excluding hydrogens is 168 g/mol. The molecule has 0 bridgehead atoms. The van der Waals surface area contributed by atoms with Gasteiger partial charge in [-0.3, -0.25) is 4.79 Å². The molecule has 0 radical (unpaired) electrons. The van der Waals surface area contributed by atoms with E-state index >= 15 is 0 Å². The van der Waals surface area contributed by atoms with Crippen molar-refractivity contribution in [2.75, 3.05) is 0 Å². The van der Waals surface area contributed by atoms with Crippen LogP contribution in [0.2, 0.25) is 0 Å². The number of hydrogen-bond donors (Lipinski definition) is 2. The van der Waals surface area contributed by atoms with Crippen LogP contribution >= 0.6 is 0 Å². The van der Waals surface area contributed by atoms with Crippen molar-refractivity contribution < 1.29 is 15.0 Å². The molecular formula is C10H12O3. The van der Waals surface area contributed by atoms with E-state index in [1.54, 1.807) is 0 Å². The molecule has 0 saturated heterocycles. The maximum absolute atomic E-state index is 11.1. The molecule has 2 N–H and O–H groups in total. The Kier molecular flexibility index (Phi) is 0.620. The summed E-state index contributed by atoms with van der Waals surface area (Å²) < 4.78 is 0. The summed E-state index contributed by atoms with van der Waals surface area (Å²) in [7, 11) is 0. The van der Waals surface area contributed by atoms with Gasteiger partial charge < -0.3 is 10.2 Å². The summed E-state index contributed by atoms with van der Waals surface area (Å²) in [5, 5.41) is 19.0. The van der Waals surface area contributed by atoms with Gasteiger partial charge in [-0.25, -0.2) is 0 Å². The molecule has 0 heterocycles. The molecule has 1 spiro atoms. The first kappa shape index (κ1) is 6.82. The number of carbonyl (C=O) groups is 1. The summed E-state index contributed by atoms with van der Waals surface area (Å²) in [5.41, 5.74) is -0.462. The summed E-state index contributed by atoms with van der Waals surface area (Å²) >= 11 is 0. The Morgan fingerprint density at radius 3 is 2.00 bits per heavy atom. The van der Waals surface area contributed by atoms with E-state index in [4.69, 9.17) is 5.11 Å². The van der Waals surface area contributed by atoms with Gasteiger partial charge in [-0.1, -0.05) is 13.8 Å². The highest BCUT2D eigenvalue weighted by atomic mass is 16.4. The molecule has 4 aliphatic rings. The zero-order chi connectivity index (χ0) is 9.39. The van der Waals surface area contributed by atoms with Gasteiger partial charge in [0.2, 0.25) is 0 Å². The zero-order valence-electron chi connectivity index (χ0n) is 7.61. The van der Waals surface area contributed by atoms with Crippen LogP contribution in [0.3, 0.4) is 0 Å². The SMILES string of the molecule is CC(C)[C@H](C(=O)O)[C@]12[C@@H]3C4[C@]1(O)[C@@]432. The summed E-state index contributed by atoms with van der Waals surface area (Å²) in [4.78, 5) is 11.1. The van der Waals surface area contributed by atoms with Gasteiger partial charge in [0.25, 0.3) is 0 Å². The van der Waals surface area contributed by atoms with E-state index in [0.717, 1.165) is 0 Å². The maximum Gasteiger partial charge on any atom is 0.307 e. The van der Waals surface area contributed by atoms with Crippen molar-refractivity contribution in [1.29, 1.82) is 0 Å². The largest absolute Gasteiger partial charge is 0.481 e. The van der Waals surface area contributed by atoms with Gasteiger partial charge >= 0.3 is 5.97 Å². The molecule has 0 aliphatic heterocycles. The molecule has 0 aromatic heterocycles. The molecule has 0 amide bonds. The fourth-order valence-electron chi connectivity index (χ4n) is 4.86. The number of fused-ring (bicyclic) bond motifs is 4. The van der Waals surface area contributed by atoms with E-state index in [1.165, 1.54) is 0 Å². The minimum atomic E-state index is -0.712. The van der Waals surface area contributed by atoms with Crippen molar-refractivity contribution in [2.24, 2.45) is 34.5 Å². The van der Waals surface area contributed by atoms with Crippen LogP contribution in [-0.4, -0.2) is 21.8 Å². The summed E-state index contributed by atoms with van der Waals surface area (Å²) in [6, 6.07) is 0. The van der Waals surface area contributed by atoms with Crippen LogP contribution in [0.15, 0.2) is 0 Å². The summed E-state index contributed by atoms with van der Waals surface area (Å²) in [5.74, 6) is 0.273. The lowest BCUT2D eigenvalue weighted by Gasteiger charge is -2.36. The van der Waals surface area contributed by atoms with E-state index in [9.17, 15) is 9.90 Å². The van der Waals surface area contributed by atoms with Crippen molar-refractivity contribution in [3.63, 3.8) is 0 Å². The van der Waals surface area contributed by atoms with Gasteiger partial charge in [0.05, 0.1) is 11.5 Å². The number of carboxylic acid groups (broad SMARTS) is 1. The third-order valence-corrected chi connectivity index (χ3v) is 5.29. The molecule has 4 fully saturated rings. The Balaban J connectivity index is 1.72. The number of aliphatic hydroxyl groups is 1. The van der Waals surface area contributed by atoms with Crippen LogP contribution in [0.25, 0.3) is 0 Å². The Labute approximate surface area is 75.8 Å². The first-order valence-corrected chi connectivity index (χ1v) is 4.95. The van der Waals surface area contributed by atoms with E-state index < -0.39 is 11.6 Å². The van der Waals surface area contributed by atoms with Gasteiger partial charge in [-0.2, -0.15) is 0 Å². The highest BCUT2D eigenvalue weighted by Gasteiger charge is 3.39. The van der Waals surface area contributed by atoms with Crippen molar-refractivity contribution >= 4 is 5.97 Å². The second kappa shape index (κ2) is 1.18. The lowest BCUT2D eigenvalue weighted by Crippen LogP contribution is -2.45. The van der Waals surface area contributed by atoms with Gasteiger partial charge in [0, 0.05) is 16.7 Å². The third-order valence-electron chi connectivity index (χ3n) is 5.29. The Bertz CT molecular complexity index is 364. The second-order valence-electron chi connectivity index (χ2n) is 5.52. The summed E-state index contributed by atoms with van der Waals surface area (Å²) in [6.07, 6.45) is 0. The van der Waals surface area contributed by atoms with Crippen molar-refractivity contribution in [3.05, 3.63) is 0 Å². The first-order valence-electron chi connectivity index (χ1n) is 4.95. The molecule has 6 atom stereocenters. The first-order chi connectivity index (χ1) is 6.00. The van der Waals surface area contributed by atoms with Crippen molar-refractivity contribution in [3.8, 4) is 0 Å². The molecule has 4 aliphatic carbocycles. The second-order valence-corrected chi connectivity index (χ2v) is 5.52. The Hall–Kier alpha value is -0.570. The highest BCUT2D eigenvalue weighted by molar-refractivity contribution is 5.91. The maximum atomic E-state index is 11.1. The molecule has 1 unspecified atom stereocenters. The van der Waals surface area contributed by atoms with Gasteiger partial charge in [0.15, 0.2) is 0 Å². The third kappa shape index (κ3) is 0.278. The summed E-state index contributed by atoms with van der Waals surface area (Å²) in [6.45, 7) is 3.89. The van der Waals surface area contributed by atoms with E-state index in [1.807, 2.05) is 13.8 Å². The van der Waals surface area contributed by atoms with Crippen LogP contribution in [0.1, 0.15) is 13.8 Å². The van der Waals surface area contributed by atoms with Crippen LogP contribution in [-0.2, 0) is 4.79 Å². The van der Waals surface area contributed by atoms with Crippen molar-refractivity contribution in [2.45, 2.75) is 19.4 Å². The van der Waals surface area contributed by atoms with Crippen molar-refractivity contribution in [1.82, 2.24) is 0 Å². The van der Waals surface area contributed by atoms with E-state index in [2.05, 4.69) is 0 Å². The van der Waals surface area contributed by atoms with Crippen LogP contribution in [0.5, 0.6) is 0 Å². The predicted molar refractivity (Wildman–Crippen MR) is 42.8 cm³/mol. The van der Waals surface area contributed by atoms with Gasteiger partial charge in [-0.15, -0.1) is 0 Å². The molecule has 70 valence electrons. The smallest absolute Gasteiger partial charge is 0.307 e. The minimum Gasteiger partial charge on any atom is -0.481 e. The molecule has 4 saturated carbocycles. The fraction of sp³-hybridized carbons (Fsp3) is 0.900. The average Bonchev–Trinajstić information content (AvgIpc) is 2.88. The number of hydrogen-bond acceptors (Lipinski definition) is 2. The van der Waals surface area contributed by atoms with Crippen LogP contribution in [0.4, 0.5) is 0 Å². The normalized spacial score (nSPS) is 69.5. The zero-order valence-corrected chi connectivity index (χ0v) is 7.61. The Morgan fingerprint density at radius 1 is 1.38 bits per heavy atom. The van der Waals surface area contributed by atoms with Crippen LogP contribution in [0, 0.1) is 34.5 Å². The monoisotopic (exact) mass is 180 g/mol. The molecule has 4 rings (SSSR count). The lowest BCUT2D eigenvalue weighted by molar-refractivity contribution is -0.152. The molecule has 0 aromatic carbocycles. The molecule has 13 heavy (non-hydrogen) atoms.